The van der Waals surface area contributed by atoms with Gasteiger partial charge >= 0.3 is 6.36 Å². The van der Waals surface area contributed by atoms with Gasteiger partial charge in [-0.2, -0.15) is 5.26 Å². The minimum Gasteiger partial charge on any atom is -0.402 e. The Balaban J connectivity index is 3.36. The van der Waals surface area contributed by atoms with E-state index in [4.69, 9.17) is 5.26 Å². The van der Waals surface area contributed by atoms with Crippen LogP contribution in [0.25, 0.3) is 0 Å². The van der Waals surface area contributed by atoms with E-state index in [9.17, 15) is 22.0 Å². The summed E-state index contributed by atoms with van der Waals surface area (Å²) in [6, 6.07) is 1.94. The molecular formula is C9H4BrF5N2O. The Labute approximate surface area is 106 Å². The molecule has 0 bridgehead atoms. The van der Waals surface area contributed by atoms with Crippen LogP contribution in [-0.2, 0) is 5.33 Å². The van der Waals surface area contributed by atoms with Gasteiger partial charge in [0.05, 0.1) is 11.3 Å². The Morgan fingerprint density at radius 1 is 1.44 bits per heavy atom. The van der Waals surface area contributed by atoms with Crippen LogP contribution in [0.15, 0.2) is 6.07 Å². The third-order valence-electron chi connectivity index (χ3n) is 1.75. The maximum absolute atomic E-state index is 12.4. The summed E-state index contributed by atoms with van der Waals surface area (Å²) in [6.45, 7) is 0. The normalized spacial score (nSPS) is 11.4. The fourth-order valence-corrected chi connectivity index (χ4v) is 1.50. The topological polar surface area (TPSA) is 45.9 Å². The smallest absolute Gasteiger partial charge is 0.402 e. The second-order valence-electron chi connectivity index (χ2n) is 2.96. The van der Waals surface area contributed by atoms with E-state index in [1.165, 1.54) is 6.07 Å². The van der Waals surface area contributed by atoms with Gasteiger partial charge in [-0.3, -0.25) is 0 Å². The molecule has 1 aromatic heterocycles. The molecule has 0 amide bonds. The molecule has 0 saturated carbocycles. The Morgan fingerprint density at radius 3 is 2.44 bits per heavy atom. The highest BCUT2D eigenvalue weighted by molar-refractivity contribution is 9.08. The molecule has 0 atom stereocenters. The van der Waals surface area contributed by atoms with Gasteiger partial charge in [-0.05, 0) is 6.07 Å². The Hall–Kier alpha value is -1.43. The molecule has 0 saturated heterocycles. The van der Waals surface area contributed by atoms with E-state index in [-0.39, 0.29) is 5.33 Å². The lowest BCUT2D eigenvalue weighted by molar-refractivity contribution is -0.275. The number of halogens is 6. The van der Waals surface area contributed by atoms with Crippen molar-refractivity contribution >= 4 is 15.9 Å². The third kappa shape index (κ3) is 3.53. The highest BCUT2D eigenvalue weighted by Crippen LogP contribution is 2.32. The Morgan fingerprint density at radius 2 is 2.06 bits per heavy atom. The first kappa shape index (κ1) is 14.6. The molecule has 9 heteroatoms. The molecule has 0 unspecified atom stereocenters. The number of alkyl halides is 6. The van der Waals surface area contributed by atoms with E-state index in [1.54, 1.807) is 0 Å². The lowest BCUT2D eigenvalue weighted by Gasteiger charge is -2.14. The van der Waals surface area contributed by atoms with Crippen molar-refractivity contribution in [2.45, 2.75) is 18.1 Å². The first-order valence-corrected chi connectivity index (χ1v) is 5.44. The molecule has 0 N–H and O–H groups in total. The molecule has 1 aromatic rings. The van der Waals surface area contributed by atoms with Crippen LogP contribution >= 0.6 is 15.9 Å². The van der Waals surface area contributed by atoms with Crippen molar-refractivity contribution in [1.29, 1.82) is 5.26 Å². The van der Waals surface area contributed by atoms with Gasteiger partial charge in [-0.1, -0.05) is 15.9 Å². The average molecular weight is 331 g/mol. The van der Waals surface area contributed by atoms with E-state index in [0.29, 0.717) is 6.07 Å². The first-order valence-electron chi connectivity index (χ1n) is 4.32. The molecule has 0 aromatic carbocycles. The van der Waals surface area contributed by atoms with Crippen molar-refractivity contribution in [1.82, 2.24) is 4.98 Å². The van der Waals surface area contributed by atoms with E-state index in [0.717, 1.165) is 0 Å². The largest absolute Gasteiger partial charge is 0.573 e. The highest BCUT2D eigenvalue weighted by Gasteiger charge is 2.34. The summed E-state index contributed by atoms with van der Waals surface area (Å²) in [7, 11) is 0. The number of rotatable bonds is 3. The van der Waals surface area contributed by atoms with Crippen molar-refractivity contribution in [3.63, 3.8) is 0 Å². The van der Waals surface area contributed by atoms with Gasteiger partial charge in [0.25, 0.3) is 6.43 Å². The predicted octanol–water partition coefficient (Wildman–Crippen LogP) is 3.68. The van der Waals surface area contributed by atoms with Crippen molar-refractivity contribution in [3.8, 4) is 11.8 Å². The highest BCUT2D eigenvalue weighted by atomic mass is 79.9. The summed E-state index contributed by atoms with van der Waals surface area (Å²) in [5.74, 6) is -0.869. The number of hydrogen-bond acceptors (Lipinski definition) is 3. The summed E-state index contributed by atoms with van der Waals surface area (Å²) in [5, 5.41) is 8.40. The number of nitrogens with zero attached hydrogens (tertiary/aromatic N) is 2. The Bertz CT molecular complexity index is 483. The van der Waals surface area contributed by atoms with Crippen molar-refractivity contribution in [2.75, 3.05) is 0 Å². The van der Waals surface area contributed by atoms with Crippen LogP contribution in [0, 0.1) is 11.3 Å². The molecule has 0 radical (unpaired) electrons. The van der Waals surface area contributed by atoms with Gasteiger partial charge in [0.2, 0.25) is 0 Å². The zero-order chi connectivity index (χ0) is 13.9. The molecular weight excluding hydrogens is 327 g/mol. The fourth-order valence-electron chi connectivity index (χ4n) is 1.12. The van der Waals surface area contributed by atoms with E-state index < -0.39 is 35.5 Å². The maximum Gasteiger partial charge on any atom is 0.573 e. The van der Waals surface area contributed by atoms with Crippen LogP contribution < -0.4 is 4.74 Å². The quantitative estimate of drug-likeness (QED) is 0.627. The second-order valence-corrected chi connectivity index (χ2v) is 3.53. The van der Waals surface area contributed by atoms with Gasteiger partial charge in [0.15, 0.2) is 5.75 Å². The number of ether oxygens (including phenoxy) is 1. The Kier molecular flexibility index (Phi) is 4.45. The summed E-state index contributed by atoms with van der Waals surface area (Å²) >= 11 is 2.80. The first-order chi connectivity index (χ1) is 8.28. The molecule has 98 valence electrons. The third-order valence-corrected chi connectivity index (χ3v) is 2.28. The molecule has 1 rings (SSSR count). The number of hydrogen-bond donors (Lipinski definition) is 0. The SMILES string of the molecule is N#Cc1cc(C(F)F)nc(CBr)c1OC(F)(F)F. The summed E-state index contributed by atoms with van der Waals surface area (Å²) in [6.07, 6.45) is -8.02. The second kappa shape index (κ2) is 5.48. The lowest BCUT2D eigenvalue weighted by atomic mass is 10.2. The fraction of sp³-hybridized carbons (Fsp3) is 0.333. The van der Waals surface area contributed by atoms with Gasteiger partial charge in [-0.15, -0.1) is 13.2 Å². The maximum atomic E-state index is 12.4. The molecule has 0 aliphatic carbocycles. The minimum atomic E-state index is -5.03. The van der Waals surface area contributed by atoms with Gasteiger partial charge < -0.3 is 4.74 Å². The monoisotopic (exact) mass is 330 g/mol. The zero-order valence-electron chi connectivity index (χ0n) is 8.43. The van der Waals surface area contributed by atoms with Crippen LogP contribution in [0.4, 0.5) is 22.0 Å². The molecule has 18 heavy (non-hydrogen) atoms. The zero-order valence-corrected chi connectivity index (χ0v) is 10.0. The van der Waals surface area contributed by atoms with E-state index in [1.807, 2.05) is 0 Å². The van der Waals surface area contributed by atoms with E-state index >= 15 is 0 Å². The summed E-state index contributed by atoms with van der Waals surface area (Å²) < 4.78 is 64.8. The lowest BCUT2D eigenvalue weighted by Crippen LogP contribution is -2.19. The van der Waals surface area contributed by atoms with Crippen LogP contribution in [0.3, 0.4) is 0 Å². The predicted molar refractivity (Wildman–Crippen MR) is 53.2 cm³/mol. The molecule has 0 aliphatic heterocycles. The van der Waals surface area contributed by atoms with Gasteiger partial charge in [0.1, 0.15) is 11.8 Å². The minimum absolute atomic E-state index is 0.256. The molecule has 0 fully saturated rings. The molecule has 0 spiro atoms. The van der Waals surface area contributed by atoms with Crippen molar-refractivity contribution in [3.05, 3.63) is 23.0 Å². The van der Waals surface area contributed by atoms with Crippen molar-refractivity contribution in [2.24, 2.45) is 0 Å². The molecule has 1 heterocycles. The summed E-state index contributed by atoms with van der Waals surface area (Å²) in [4.78, 5) is 3.31. The summed E-state index contributed by atoms with van der Waals surface area (Å²) in [5.41, 5.74) is -1.84. The molecule has 3 nitrogen and oxygen atoms in total. The molecule has 0 aliphatic rings. The standard InChI is InChI=1S/C9H4BrF5N2O/c10-2-6-7(18-9(13,14)15)4(3-16)1-5(17-6)8(11)12/h1,8H,2H2. The number of nitriles is 1. The van der Waals surface area contributed by atoms with Gasteiger partial charge in [0, 0.05) is 5.33 Å². The van der Waals surface area contributed by atoms with Crippen LogP contribution in [0.2, 0.25) is 0 Å². The van der Waals surface area contributed by atoms with Crippen molar-refractivity contribution < 1.29 is 26.7 Å². The van der Waals surface area contributed by atoms with Crippen LogP contribution in [-0.4, -0.2) is 11.3 Å². The number of aromatic nitrogens is 1. The number of pyridine rings is 1. The average Bonchev–Trinajstić information content (AvgIpc) is 2.26. The van der Waals surface area contributed by atoms with Crippen LogP contribution in [0.1, 0.15) is 23.4 Å². The van der Waals surface area contributed by atoms with E-state index in [2.05, 4.69) is 25.7 Å². The van der Waals surface area contributed by atoms with Gasteiger partial charge in [-0.25, -0.2) is 13.8 Å². The van der Waals surface area contributed by atoms with Crippen LogP contribution in [0.5, 0.6) is 5.75 Å².